The lowest BCUT2D eigenvalue weighted by atomic mass is 10.1. The molecule has 1 aromatic carbocycles. The van der Waals surface area contributed by atoms with Crippen LogP contribution in [0.15, 0.2) is 41.4 Å². The Kier molecular flexibility index (Phi) is 6.65. The molecule has 2 heterocycles. The Hall–Kier alpha value is -2.86. The predicted octanol–water partition coefficient (Wildman–Crippen LogP) is 3.01. The molecule has 0 aliphatic carbocycles. The number of aryl methyl sites for hydroxylation is 1. The molecule has 12 heteroatoms. The van der Waals surface area contributed by atoms with E-state index < -0.39 is 39.7 Å². The monoisotopic (exact) mass is 473 g/mol. The smallest absolute Gasteiger partial charge is 0.416 e. The van der Waals surface area contributed by atoms with Crippen LogP contribution in [0.2, 0.25) is 0 Å². The van der Waals surface area contributed by atoms with Crippen molar-refractivity contribution in [2.45, 2.75) is 36.9 Å². The Labute approximate surface area is 183 Å². The van der Waals surface area contributed by atoms with Crippen LogP contribution in [-0.4, -0.2) is 48.4 Å². The predicted molar refractivity (Wildman–Crippen MR) is 108 cm³/mol. The van der Waals surface area contributed by atoms with Crippen molar-refractivity contribution in [2.24, 2.45) is 7.05 Å². The highest BCUT2D eigenvalue weighted by atomic mass is 32.2. The van der Waals surface area contributed by atoms with Gasteiger partial charge in [-0.25, -0.2) is 13.2 Å². The molecular weight excluding hydrogens is 451 g/mol. The summed E-state index contributed by atoms with van der Waals surface area (Å²) in [4.78, 5) is 24.6. The van der Waals surface area contributed by atoms with Crippen molar-refractivity contribution in [3.05, 3.63) is 47.8 Å². The summed E-state index contributed by atoms with van der Waals surface area (Å²) in [6.07, 6.45) is -2.71. The summed E-state index contributed by atoms with van der Waals surface area (Å²) in [6, 6.07) is 4.19. The van der Waals surface area contributed by atoms with Gasteiger partial charge in [-0.3, -0.25) is 4.79 Å². The topological polar surface area (TPSA) is 97.7 Å². The lowest BCUT2D eigenvalue weighted by molar-refractivity contribution is -0.137. The molecule has 1 amide bonds. The van der Waals surface area contributed by atoms with Crippen LogP contribution in [0, 0.1) is 0 Å². The van der Waals surface area contributed by atoms with Gasteiger partial charge >= 0.3 is 12.1 Å². The fourth-order valence-electron chi connectivity index (χ4n) is 3.51. The molecule has 8 nitrogen and oxygen atoms in total. The minimum absolute atomic E-state index is 0.0367. The molecule has 2 aromatic rings. The van der Waals surface area contributed by atoms with E-state index in [9.17, 15) is 31.2 Å². The van der Waals surface area contributed by atoms with Gasteiger partial charge in [0.05, 0.1) is 12.2 Å². The first-order valence-corrected chi connectivity index (χ1v) is 11.2. The number of sulfonamides is 1. The van der Waals surface area contributed by atoms with Crippen molar-refractivity contribution < 1.29 is 35.9 Å². The number of benzene rings is 1. The molecule has 0 saturated carbocycles. The van der Waals surface area contributed by atoms with Crippen LogP contribution in [0.3, 0.4) is 0 Å². The molecule has 0 spiro atoms. The second-order valence-corrected chi connectivity index (χ2v) is 9.12. The second-order valence-electron chi connectivity index (χ2n) is 7.23. The third kappa shape index (κ3) is 4.80. The van der Waals surface area contributed by atoms with Gasteiger partial charge in [-0.2, -0.15) is 17.5 Å². The second kappa shape index (κ2) is 8.94. The highest BCUT2D eigenvalue weighted by molar-refractivity contribution is 7.89. The van der Waals surface area contributed by atoms with Gasteiger partial charge in [-0.15, -0.1) is 0 Å². The van der Waals surface area contributed by atoms with Crippen LogP contribution in [0.25, 0.3) is 0 Å². The number of carbonyl (C=O) groups is 2. The molecule has 1 aromatic heterocycles. The van der Waals surface area contributed by atoms with E-state index in [1.54, 1.807) is 6.92 Å². The lowest BCUT2D eigenvalue weighted by Gasteiger charge is -2.23. The van der Waals surface area contributed by atoms with E-state index in [-0.39, 0.29) is 35.8 Å². The Morgan fingerprint density at radius 2 is 1.97 bits per heavy atom. The highest BCUT2D eigenvalue weighted by Gasteiger charge is 2.40. The molecule has 1 atom stereocenters. The van der Waals surface area contributed by atoms with E-state index in [1.807, 2.05) is 0 Å². The number of aromatic nitrogens is 1. The Morgan fingerprint density at radius 3 is 2.62 bits per heavy atom. The number of hydrogen-bond acceptors (Lipinski definition) is 5. The molecule has 3 rings (SSSR count). The number of rotatable bonds is 6. The number of amides is 1. The number of hydrogen-bond donors (Lipinski definition) is 1. The van der Waals surface area contributed by atoms with E-state index in [1.165, 1.54) is 29.9 Å². The molecule has 1 aliphatic heterocycles. The number of halogens is 3. The molecule has 1 aliphatic rings. The van der Waals surface area contributed by atoms with Gasteiger partial charge in [0.15, 0.2) is 0 Å². The maximum Gasteiger partial charge on any atom is 0.416 e. The van der Waals surface area contributed by atoms with Gasteiger partial charge in [0, 0.05) is 25.5 Å². The van der Waals surface area contributed by atoms with E-state index in [4.69, 9.17) is 4.74 Å². The Morgan fingerprint density at radius 1 is 1.25 bits per heavy atom. The number of nitrogens with one attached hydrogen (secondary N) is 1. The van der Waals surface area contributed by atoms with Crippen molar-refractivity contribution in [2.75, 3.05) is 18.5 Å². The molecule has 0 unspecified atom stereocenters. The number of ether oxygens (including phenoxy) is 1. The van der Waals surface area contributed by atoms with Gasteiger partial charge in [-0.05, 0) is 44.0 Å². The molecule has 0 bridgehead atoms. The van der Waals surface area contributed by atoms with Crippen LogP contribution >= 0.6 is 0 Å². The lowest BCUT2D eigenvalue weighted by Crippen LogP contribution is -2.43. The number of esters is 1. The highest BCUT2D eigenvalue weighted by Crippen LogP contribution is 2.32. The zero-order valence-electron chi connectivity index (χ0n) is 17.3. The minimum atomic E-state index is -4.58. The van der Waals surface area contributed by atoms with Gasteiger partial charge in [0.25, 0.3) is 0 Å². The average Bonchev–Trinajstić information content (AvgIpc) is 3.35. The van der Waals surface area contributed by atoms with Crippen LogP contribution in [0.4, 0.5) is 18.9 Å². The normalized spacial score (nSPS) is 17.3. The van der Waals surface area contributed by atoms with Gasteiger partial charge in [0.1, 0.15) is 16.6 Å². The Bertz CT molecular complexity index is 1130. The fourth-order valence-corrected chi connectivity index (χ4v) is 5.24. The first-order chi connectivity index (χ1) is 14.9. The standard InChI is InChI=1S/C20H22F3N3O5S/c1-3-31-19(28)17-11-15(12-25(17)2)32(29,30)26-9-5-8-16(26)18(27)24-14-7-4-6-13(10-14)20(21,22)23/h4,6-7,10-12,16H,3,5,8-9H2,1-2H3,(H,24,27)/t16-/m1/s1. The minimum Gasteiger partial charge on any atom is -0.461 e. The molecule has 1 fully saturated rings. The summed E-state index contributed by atoms with van der Waals surface area (Å²) in [5.41, 5.74) is -0.977. The number of nitrogens with zero attached hydrogens (tertiary/aromatic N) is 2. The maximum atomic E-state index is 13.2. The van der Waals surface area contributed by atoms with E-state index in [0.29, 0.717) is 6.42 Å². The van der Waals surface area contributed by atoms with Crippen LogP contribution in [0.1, 0.15) is 35.8 Å². The van der Waals surface area contributed by atoms with Crippen LogP contribution in [0.5, 0.6) is 0 Å². The van der Waals surface area contributed by atoms with Crippen molar-refractivity contribution in [1.82, 2.24) is 8.87 Å². The fraction of sp³-hybridized carbons (Fsp3) is 0.400. The third-order valence-corrected chi connectivity index (χ3v) is 6.91. The third-order valence-electron chi connectivity index (χ3n) is 5.03. The van der Waals surface area contributed by atoms with Crippen LogP contribution < -0.4 is 5.32 Å². The average molecular weight is 473 g/mol. The molecule has 1 N–H and O–H groups in total. The molecular formula is C20H22F3N3O5S. The summed E-state index contributed by atoms with van der Waals surface area (Å²) in [5, 5.41) is 2.38. The molecule has 174 valence electrons. The number of anilines is 1. The summed E-state index contributed by atoms with van der Waals surface area (Å²) in [5.74, 6) is -1.41. The number of carbonyl (C=O) groups excluding carboxylic acids is 2. The van der Waals surface area contributed by atoms with Crippen LogP contribution in [-0.2, 0) is 32.8 Å². The number of alkyl halides is 3. The zero-order valence-corrected chi connectivity index (χ0v) is 18.2. The van der Waals surface area contributed by atoms with Gasteiger partial charge in [0.2, 0.25) is 15.9 Å². The summed E-state index contributed by atoms with van der Waals surface area (Å²) < 4.78 is 72.3. The largest absolute Gasteiger partial charge is 0.461 e. The van der Waals surface area contributed by atoms with Crippen molar-refractivity contribution in [3.63, 3.8) is 0 Å². The first kappa shape index (κ1) is 23.8. The summed E-state index contributed by atoms with van der Waals surface area (Å²) >= 11 is 0. The summed E-state index contributed by atoms with van der Waals surface area (Å²) in [6.45, 7) is 1.80. The van der Waals surface area contributed by atoms with E-state index in [0.717, 1.165) is 22.5 Å². The van der Waals surface area contributed by atoms with Crippen molar-refractivity contribution in [1.29, 1.82) is 0 Å². The first-order valence-electron chi connectivity index (χ1n) is 9.78. The maximum absolute atomic E-state index is 13.2. The SMILES string of the molecule is CCOC(=O)c1cc(S(=O)(=O)N2CCC[C@@H]2C(=O)Nc2cccc(C(F)(F)F)c2)cn1C. The van der Waals surface area contributed by atoms with Crippen molar-refractivity contribution >= 4 is 27.6 Å². The van der Waals surface area contributed by atoms with Gasteiger partial charge in [-0.1, -0.05) is 6.07 Å². The van der Waals surface area contributed by atoms with Crippen molar-refractivity contribution in [3.8, 4) is 0 Å². The quantitative estimate of drug-likeness (QED) is 0.651. The molecule has 32 heavy (non-hydrogen) atoms. The van der Waals surface area contributed by atoms with Gasteiger partial charge < -0.3 is 14.6 Å². The zero-order chi connectivity index (χ0) is 23.7. The Balaban J connectivity index is 1.82. The summed E-state index contributed by atoms with van der Waals surface area (Å²) in [7, 11) is -2.65. The molecule has 0 radical (unpaired) electrons. The molecule has 1 saturated heterocycles. The van der Waals surface area contributed by atoms with E-state index in [2.05, 4.69) is 5.32 Å². The van der Waals surface area contributed by atoms with E-state index >= 15 is 0 Å².